The number of carbonyl (C=O) groups is 2. The number of anilines is 2. The number of hydrogen-bond acceptors (Lipinski definition) is 5. The summed E-state index contributed by atoms with van der Waals surface area (Å²) >= 11 is 0. The number of phenols is 1. The largest absolute Gasteiger partial charge is 0.507 e. The van der Waals surface area contributed by atoms with Crippen molar-refractivity contribution in [3.8, 4) is 17.2 Å². The maximum atomic E-state index is 13.3. The molecule has 0 atom stereocenters. The van der Waals surface area contributed by atoms with E-state index in [2.05, 4.69) is 20.8 Å². The van der Waals surface area contributed by atoms with Crippen LogP contribution in [-0.2, 0) is 15.0 Å². The number of nitrogens with zero attached hydrogens (tertiary/aromatic N) is 2. The van der Waals surface area contributed by atoms with Crippen molar-refractivity contribution in [3.63, 3.8) is 0 Å². The van der Waals surface area contributed by atoms with E-state index in [-0.39, 0.29) is 23.0 Å². The third kappa shape index (κ3) is 4.34. The number of likely N-dealkylation sites (N-methyl/N-ethyl adjacent to an activating group) is 2. The fourth-order valence-corrected chi connectivity index (χ4v) is 5.03. The number of benzene rings is 3. The molecular formula is C32H32N2O5. The number of carbonyl (C=O) groups excluding carboxylic acids is 2. The quantitative estimate of drug-likeness (QED) is 0.440. The Kier molecular flexibility index (Phi) is 6.25. The molecule has 3 aromatic carbocycles. The van der Waals surface area contributed by atoms with Gasteiger partial charge in [-0.2, -0.15) is 0 Å². The minimum absolute atomic E-state index is 0.0124. The van der Waals surface area contributed by atoms with Crippen LogP contribution in [0.25, 0.3) is 23.3 Å². The summed E-state index contributed by atoms with van der Waals surface area (Å²) in [5.41, 5.74) is 5.59. The van der Waals surface area contributed by atoms with Crippen LogP contribution in [0.3, 0.4) is 0 Å². The average molecular weight is 525 g/mol. The lowest BCUT2D eigenvalue weighted by Gasteiger charge is -2.21. The first kappa shape index (κ1) is 26.1. The number of hydrogen-bond donors (Lipinski definition) is 1. The van der Waals surface area contributed by atoms with Crippen LogP contribution in [0.15, 0.2) is 48.5 Å². The fourth-order valence-electron chi connectivity index (χ4n) is 5.03. The van der Waals surface area contributed by atoms with Crippen molar-refractivity contribution in [2.45, 2.75) is 26.2 Å². The molecule has 2 heterocycles. The number of fused-ring (bicyclic) bond motifs is 2. The van der Waals surface area contributed by atoms with E-state index in [1.165, 1.54) is 0 Å². The highest BCUT2D eigenvalue weighted by Crippen LogP contribution is 2.43. The molecule has 0 radical (unpaired) electrons. The molecule has 2 aliphatic rings. The second-order valence-corrected chi connectivity index (χ2v) is 10.9. The van der Waals surface area contributed by atoms with Crippen LogP contribution in [0.1, 0.15) is 48.6 Å². The maximum Gasteiger partial charge on any atom is 0.258 e. The van der Waals surface area contributed by atoms with E-state index in [9.17, 15) is 14.7 Å². The summed E-state index contributed by atoms with van der Waals surface area (Å²) in [5, 5.41) is 11.5. The van der Waals surface area contributed by atoms with Crippen LogP contribution in [0.4, 0.5) is 11.4 Å². The highest BCUT2D eigenvalue weighted by Gasteiger charge is 2.32. The Bertz CT molecular complexity index is 1480. The molecule has 7 heteroatoms. The van der Waals surface area contributed by atoms with Crippen LogP contribution in [0.5, 0.6) is 17.2 Å². The average Bonchev–Trinajstić information content (AvgIpc) is 3.29. The number of methoxy groups -OCH3 is 2. The standard InChI is InChI=1S/C32H32N2O5/c1-32(2,3)20-12-18(14-25-23-16-21(38-6)8-10-27(23)33(4)30(25)36)29(35)19(13-20)15-26-24-17-22(39-7)9-11-28(24)34(5)31(26)37/h8-17,35H,1-7H3/b25-14+,26-15+. The lowest BCUT2D eigenvalue weighted by molar-refractivity contribution is -0.113. The number of ether oxygens (including phenoxy) is 2. The van der Waals surface area contributed by atoms with Gasteiger partial charge in [0, 0.05) is 36.3 Å². The van der Waals surface area contributed by atoms with Gasteiger partial charge in [-0.1, -0.05) is 20.8 Å². The topological polar surface area (TPSA) is 79.3 Å². The van der Waals surface area contributed by atoms with Gasteiger partial charge in [0.1, 0.15) is 17.2 Å². The van der Waals surface area contributed by atoms with E-state index in [1.54, 1.807) is 50.3 Å². The first-order valence-corrected chi connectivity index (χ1v) is 12.7. The molecular weight excluding hydrogens is 492 g/mol. The molecule has 0 fully saturated rings. The van der Waals surface area contributed by atoms with Crippen molar-refractivity contribution in [2.24, 2.45) is 0 Å². The van der Waals surface area contributed by atoms with Gasteiger partial charge in [0.25, 0.3) is 11.8 Å². The summed E-state index contributed by atoms with van der Waals surface area (Å²) in [5.74, 6) is 0.916. The Balaban J connectivity index is 1.72. The first-order chi connectivity index (χ1) is 18.4. The van der Waals surface area contributed by atoms with Gasteiger partial charge >= 0.3 is 0 Å². The van der Waals surface area contributed by atoms with Crippen molar-refractivity contribution in [3.05, 3.63) is 76.3 Å². The molecule has 0 aliphatic carbocycles. The normalized spacial score (nSPS) is 16.8. The molecule has 0 aromatic heterocycles. The van der Waals surface area contributed by atoms with Crippen molar-refractivity contribution < 1.29 is 24.2 Å². The third-order valence-corrected chi connectivity index (χ3v) is 7.42. The van der Waals surface area contributed by atoms with Gasteiger partial charge in [-0.25, -0.2) is 0 Å². The van der Waals surface area contributed by atoms with Gasteiger partial charge in [0.2, 0.25) is 0 Å². The van der Waals surface area contributed by atoms with Crippen molar-refractivity contribution in [1.29, 1.82) is 0 Å². The van der Waals surface area contributed by atoms with Crippen LogP contribution < -0.4 is 19.3 Å². The van der Waals surface area contributed by atoms with E-state index >= 15 is 0 Å². The maximum absolute atomic E-state index is 13.3. The Morgan fingerprint density at radius 3 is 1.49 bits per heavy atom. The molecule has 0 bridgehead atoms. The highest BCUT2D eigenvalue weighted by molar-refractivity contribution is 6.37. The van der Waals surface area contributed by atoms with Gasteiger partial charge in [0.15, 0.2) is 0 Å². The van der Waals surface area contributed by atoms with E-state index < -0.39 is 0 Å². The summed E-state index contributed by atoms with van der Waals surface area (Å²) in [4.78, 5) is 29.7. The van der Waals surface area contributed by atoms with Gasteiger partial charge in [0.05, 0.1) is 36.7 Å². The number of phenolic OH excluding ortho intramolecular Hbond substituents is 1. The molecule has 0 spiro atoms. The van der Waals surface area contributed by atoms with Gasteiger partial charge < -0.3 is 24.4 Å². The lowest BCUT2D eigenvalue weighted by atomic mass is 9.84. The molecule has 7 nitrogen and oxygen atoms in total. The van der Waals surface area contributed by atoms with Crippen LogP contribution in [-0.4, -0.2) is 45.2 Å². The highest BCUT2D eigenvalue weighted by atomic mass is 16.5. The zero-order valence-electron chi connectivity index (χ0n) is 23.2. The van der Waals surface area contributed by atoms with Crippen LogP contribution in [0.2, 0.25) is 0 Å². The number of aromatic hydroxyl groups is 1. The molecule has 1 N–H and O–H groups in total. The Morgan fingerprint density at radius 1 is 0.718 bits per heavy atom. The molecule has 2 amide bonds. The van der Waals surface area contributed by atoms with Crippen molar-refractivity contribution in [2.75, 3.05) is 38.1 Å². The van der Waals surface area contributed by atoms with Crippen LogP contribution >= 0.6 is 0 Å². The second-order valence-electron chi connectivity index (χ2n) is 10.9. The summed E-state index contributed by atoms with van der Waals surface area (Å²) < 4.78 is 10.8. The Hall–Kier alpha value is -4.52. The van der Waals surface area contributed by atoms with Gasteiger partial charge in [-0.3, -0.25) is 9.59 Å². The molecule has 3 aromatic rings. The minimum atomic E-state index is -0.260. The minimum Gasteiger partial charge on any atom is -0.507 e. The SMILES string of the molecule is COc1ccc2c(c1)/C(=C\c1cc(C(C)(C)C)cc(/C=C3/C(=O)N(C)c4ccc(OC)cc43)c1O)C(=O)N2C. The first-order valence-electron chi connectivity index (χ1n) is 12.7. The van der Waals surface area contributed by atoms with E-state index in [1.807, 2.05) is 48.5 Å². The Labute approximate surface area is 228 Å². The smallest absolute Gasteiger partial charge is 0.258 e. The third-order valence-electron chi connectivity index (χ3n) is 7.42. The summed E-state index contributed by atoms with van der Waals surface area (Å²) in [6, 6.07) is 14.8. The van der Waals surface area contributed by atoms with Gasteiger partial charge in [-0.15, -0.1) is 0 Å². The molecule has 0 unspecified atom stereocenters. The number of amides is 2. The molecule has 5 rings (SSSR count). The lowest BCUT2D eigenvalue weighted by Crippen LogP contribution is -2.20. The van der Waals surface area contributed by atoms with E-state index in [4.69, 9.17) is 9.47 Å². The Morgan fingerprint density at radius 2 is 1.13 bits per heavy atom. The van der Waals surface area contributed by atoms with E-state index in [0.717, 1.165) is 28.1 Å². The molecule has 0 saturated carbocycles. The molecule has 2 aliphatic heterocycles. The predicted molar refractivity (Wildman–Crippen MR) is 155 cm³/mol. The van der Waals surface area contributed by atoms with E-state index in [0.29, 0.717) is 33.8 Å². The summed E-state index contributed by atoms with van der Waals surface area (Å²) in [6.45, 7) is 6.24. The fraction of sp³-hybridized carbons (Fsp3) is 0.250. The van der Waals surface area contributed by atoms with Crippen LogP contribution in [0, 0.1) is 0 Å². The molecule has 200 valence electrons. The summed E-state index contributed by atoms with van der Waals surface area (Å²) in [7, 11) is 6.62. The zero-order valence-corrected chi connectivity index (χ0v) is 23.2. The summed E-state index contributed by atoms with van der Waals surface area (Å²) in [6.07, 6.45) is 3.44. The zero-order chi connectivity index (χ0) is 28.2. The van der Waals surface area contributed by atoms with Crippen molar-refractivity contribution >= 4 is 46.5 Å². The monoisotopic (exact) mass is 524 g/mol. The number of rotatable bonds is 4. The second kappa shape index (κ2) is 9.34. The molecule has 39 heavy (non-hydrogen) atoms. The van der Waals surface area contributed by atoms with Gasteiger partial charge in [-0.05, 0) is 71.7 Å². The predicted octanol–water partition coefficient (Wildman–Crippen LogP) is 5.74. The van der Waals surface area contributed by atoms with Crippen molar-refractivity contribution in [1.82, 2.24) is 0 Å². The molecule has 0 saturated heterocycles.